The van der Waals surface area contributed by atoms with E-state index in [0.717, 1.165) is 41.6 Å². The zero-order chi connectivity index (χ0) is 14.6. The van der Waals surface area contributed by atoms with Crippen LogP contribution in [0, 0.1) is 13.8 Å². The van der Waals surface area contributed by atoms with Gasteiger partial charge in [-0.05, 0) is 39.2 Å². The Morgan fingerprint density at radius 2 is 2.10 bits per heavy atom. The Kier molecular flexibility index (Phi) is 2.44. The largest absolute Gasteiger partial charge is 0.334 e. The van der Waals surface area contributed by atoms with E-state index in [1.807, 2.05) is 19.9 Å². The molecule has 3 heterocycles. The van der Waals surface area contributed by atoms with E-state index in [1.54, 1.807) is 0 Å². The predicted octanol–water partition coefficient (Wildman–Crippen LogP) is 1.96. The first-order chi connectivity index (χ1) is 10.1. The molecule has 1 aliphatic carbocycles. The van der Waals surface area contributed by atoms with Crippen molar-refractivity contribution in [3.8, 4) is 11.5 Å². The molecule has 0 aliphatic heterocycles. The summed E-state index contributed by atoms with van der Waals surface area (Å²) in [5.74, 6) is 1.06. The van der Waals surface area contributed by atoms with Crippen molar-refractivity contribution in [1.82, 2.24) is 25.3 Å². The van der Waals surface area contributed by atoms with E-state index in [4.69, 9.17) is 10.3 Å². The Morgan fingerprint density at radius 1 is 1.29 bits per heavy atom. The van der Waals surface area contributed by atoms with Crippen molar-refractivity contribution < 1.29 is 4.52 Å². The van der Waals surface area contributed by atoms with Crippen LogP contribution in [-0.2, 0) is 5.54 Å². The van der Waals surface area contributed by atoms with Gasteiger partial charge in [-0.2, -0.15) is 10.1 Å². The maximum atomic E-state index is 6.25. The van der Waals surface area contributed by atoms with E-state index in [2.05, 4.69) is 25.3 Å². The van der Waals surface area contributed by atoms with Crippen LogP contribution in [0.4, 0.5) is 0 Å². The minimum Gasteiger partial charge on any atom is -0.334 e. The first-order valence-corrected chi connectivity index (χ1v) is 7.03. The molecule has 3 N–H and O–H groups in total. The van der Waals surface area contributed by atoms with Gasteiger partial charge in [-0.15, -0.1) is 0 Å². The molecule has 3 aromatic heterocycles. The second-order valence-corrected chi connectivity index (χ2v) is 5.79. The summed E-state index contributed by atoms with van der Waals surface area (Å²) in [5, 5.41) is 12.1. The van der Waals surface area contributed by atoms with E-state index >= 15 is 0 Å². The van der Waals surface area contributed by atoms with E-state index in [0.29, 0.717) is 17.4 Å². The summed E-state index contributed by atoms with van der Waals surface area (Å²) in [4.78, 5) is 8.92. The third-order valence-electron chi connectivity index (χ3n) is 4.18. The Labute approximate surface area is 120 Å². The Bertz CT molecular complexity index is 829. The lowest BCUT2D eigenvalue weighted by molar-refractivity contribution is 0.229. The molecule has 4 rings (SSSR count). The van der Waals surface area contributed by atoms with Gasteiger partial charge < -0.3 is 10.3 Å². The second-order valence-electron chi connectivity index (χ2n) is 5.79. The number of nitrogens with one attached hydrogen (secondary N) is 1. The fourth-order valence-electron chi connectivity index (χ4n) is 2.79. The maximum absolute atomic E-state index is 6.25. The van der Waals surface area contributed by atoms with Crippen molar-refractivity contribution in [2.24, 2.45) is 5.73 Å². The molecule has 108 valence electrons. The van der Waals surface area contributed by atoms with Crippen LogP contribution in [0.2, 0.25) is 0 Å². The van der Waals surface area contributed by atoms with Gasteiger partial charge in [0.25, 0.3) is 5.89 Å². The van der Waals surface area contributed by atoms with Crippen molar-refractivity contribution in [1.29, 1.82) is 0 Å². The summed E-state index contributed by atoms with van der Waals surface area (Å²) < 4.78 is 5.45. The molecule has 3 aromatic rings. The molecule has 7 heteroatoms. The number of pyridine rings is 1. The molecule has 1 fully saturated rings. The highest BCUT2D eigenvalue weighted by Gasteiger charge is 2.39. The predicted molar refractivity (Wildman–Crippen MR) is 76.4 cm³/mol. The van der Waals surface area contributed by atoms with Crippen molar-refractivity contribution in [3.63, 3.8) is 0 Å². The van der Waals surface area contributed by atoms with E-state index in [9.17, 15) is 0 Å². The summed E-state index contributed by atoms with van der Waals surface area (Å²) in [6.07, 6.45) is 2.92. The summed E-state index contributed by atoms with van der Waals surface area (Å²) in [6.45, 7) is 3.87. The minimum atomic E-state index is -0.422. The monoisotopic (exact) mass is 284 g/mol. The van der Waals surface area contributed by atoms with E-state index < -0.39 is 5.54 Å². The number of H-pyrrole nitrogens is 1. The lowest BCUT2D eigenvalue weighted by Gasteiger charge is -2.34. The second kappa shape index (κ2) is 4.11. The van der Waals surface area contributed by atoms with Gasteiger partial charge in [-0.25, -0.2) is 4.98 Å². The van der Waals surface area contributed by atoms with Gasteiger partial charge in [0, 0.05) is 11.4 Å². The molecule has 0 spiro atoms. The quantitative estimate of drug-likeness (QED) is 0.745. The highest BCUT2D eigenvalue weighted by Crippen LogP contribution is 2.38. The number of nitrogens with zero attached hydrogens (tertiary/aromatic N) is 4. The number of rotatable bonds is 2. The zero-order valence-corrected chi connectivity index (χ0v) is 12.0. The molecule has 0 saturated heterocycles. The van der Waals surface area contributed by atoms with Crippen LogP contribution in [0.15, 0.2) is 10.6 Å². The average molecular weight is 284 g/mol. The lowest BCUT2D eigenvalue weighted by Crippen LogP contribution is -2.44. The number of hydrogen-bond donors (Lipinski definition) is 2. The van der Waals surface area contributed by atoms with Crippen LogP contribution in [0.25, 0.3) is 22.5 Å². The van der Waals surface area contributed by atoms with Crippen LogP contribution in [0.1, 0.15) is 36.5 Å². The molecule has 0 radical (unpaired) electrons. The Morgan fingerprint density at radius 3 is 2.81 bits per heavy atom. The number of nitrogens with two attached hydrogens (primary N) is 1. The smallest absolute Gasteiger partial charge is 0.258 e. The normalized spacial score (nSPS) is 17.1. The van der Waals surface area contributed by atoms with Crippen LogP contribution in [-0.4, -0.2) is 25.3 Å². The topological polar surface area (TPSA) is 107 Å². The summed E-state index contributed by atoms with van der Waals surface area (Å²) in [7, 11) is 0. The molecule has 1 saturated carbocycles. The van der Waals surface area contributed by atoms with Gasteiger partial charge in [0.1, 0.15) is 0 Å². The van der Waals surface area contributed by atoms with Crippen molar-refractivity contribution in [3.05, 3.63) is 23.3 Å². The van der Waals surface area contributed by atoms with Crippen LogP contribution < -0.4 is 5.73 Å². The van der Waals surface area contributed by atoms with Crippen LogP contribution in [0.3, 0.4) is 0 Å². The van der Waals surface area contributed by atoms with Gasteiger partial charge >= 0.3 is 0 Å². The number of aromatic amines is 1. The molecule has 0 unspecified atom stereocenters. The van der Waals surface area contributed by atoms with Gasteiger partial charge in [0.2, 0.25) is 0 Å². The molecular weight excluding hydrogens is 268 g/mol. The fraction of sp³-hybridized carbons (Fsp3) is 0.429. The Hall–Kier alpha value is -2.28. The fourth-order valence-corrected chi connectivity index (χ4v) is 2.79. The Balaban J connectivity index is 1.88. The van der Waals surface area contributed by atoms with Gasteiger partial charge in [0.15, 0.2) is 11.5 Å². The van der Waals surface area contributed by atoms with E-state index in [-0.39, 0.29) is 0 Å². The minimum absolute atomic E-state index is 0.422. The highest BCUT2D eigenvalue weighted by atomic mass is 16.5. The molecule has 7 nitrogen and oxygen atoms in total. The third kappa shape index (κ3) is 1.77. The lowest BCUT2D eigenvalue weighted by atomic mass is 9.77. The summed E-state index contributed by atoms with van der Waals surface area (Å²) >= 11 is 0. The van der Waals surface area contributed by atoms with E-state index in [1.165, 1.54) is 0 Å². The number of aromatic nitrogens is 5. The van der Waals surface area contributed by atoms with Crippen molar-refractivity contribution in [2.75, 3.05) is 0 Å². The van der Waals surface area contributed by atoms with Gasteiger partial charge in [0.05, 0.1) is 16.5 Å². The first kappa shape index (κ1) is 12.5. The van der Waals surface area contributed by atoms with Crippen molar-refractivity contribution >= 4 is 11.0 Å². The first-order valence-electron chi connectivity index (χ1n) is 7.03. The number of hydrogen-bond acceptors (Lipinski definition) is 6. The summed E-state index contributed by atoms with van der Waals surface area (Å²) in [5.41, 5.74) is 9.13. The molecule has 0 bridgehead atoms. The number of fused-ring (bicyclic) bond motifs is 1. The zero-order valence-electron chi connectivity index (χ0n) is 12.0. The summed E-state index contributed by atoms with van der Waals surface area (Å²) in [6, 6.07) is 1.94. The van der Waals surface area contributed by atoms with Crippen LogP contribution in [0.5, 0.6) is 0 Å². The van der Waals surface area contributed by atoms with Gasteiger partial charge in [-0.1, -0.05) is 5.16 Å². The molecular formula is C14H16N6O. The molecule has 0 aromatic carbocycles. The standard InChI is InChI=1S/C14H16N6O/c1-7-6-9(10-8(2)18-19-11(10)16-7)12-17-13(20-21-12)14(15)4-3-5-14/h6H,3-5,15H2,1-2H3,(H,16,18,19). The molecule has 21 heavy (non-hydrogen) atoms. The van der Waals surface area contributed by atoms with Crippen LogP contribution >= 0.6 is 0 Å². The third-order valence-corrected chi connectivity index (χ3v) is 4.18. The number of aryl methyl sites for hydroxylation is 2. The molecule has 0 amide bonds. The highest BCUT2D eigenvalue weighted by molar-refractivity contribution is 5.92. The maximum Gasteiger partial charge on any atom is 0.258 e. The SMILES string of the molecule is Cc1cc(-c2nc(C3(N)CCC3)no2)c2c(C)[nH]nc2n1. The molecule has 0 atom stereocenters. The van der Waals surface area contributed by atoms with Gasteiger partial charge in [-0.3, -0.25) is 5.10 Å². The average Bonchev–Trinajstić information content (AvgIpc) is 3.03. The molecule has 1 aliphatic rings. The van der Waals surface area contributed by atoms with Crippen molar-refractivity contribution in [2.45, 2.75) is 38.6 Å².